The number of nitrogens with zero attached hydrogens (tertiary/aromatic N) is 1. The van der Waals surface area contributed by atoms with E-state index >= 15 is 0 Å². The molecule has 39 heavy (non-hydrogen) atoms. The highest BCUT2D eigenvalue weighted by molar-refractivity contribution is 7.92. The number of nitrogens with one attached hydrogen (secondary N) is 1. The molecule has 6 nitrogen and oxygen atoms in total. The van der Waals surface area contributed by atoms with Crippen molar-refractivity contribution in [1.82, 2.24) is 5.32 Å². The second-order valence-corrected chi connectivity index (χ2v) is 11.1. The first kappa shape index (κ1) is 27.9. The Morgan fingerprint density at radius 3 is 2.26 bits per heavy atom. The van der Waals surface area contributed by atoms with Crippen LogP contribution in [0.2, 0.25) is 0 Å². The molecular weight excluding hydrogens is 508 g/mol. The fraction of sp³-hybridized carbons (Fsp3) is 0.219. The first-order valence-corrected chi connectivity index (χ1v) is 14.6. The fourth-order valence-corrected chi connectivity index (χ4v) is 5.82. The molecule has 0 aromatic heterocycles. The molecule has 0 saturated carbocycles. The van der Waals surface area contributed by atoms with E-state index in [9.17, 15) is 13.2 Å². The lowest BCUT2D eigenvalue weighted by molar-refractivity contribution is 0.0954. The third-order valence-corrected chi connectivity index (χ3v) is 8.15. The van der Waals surface area contributed by atoms with Gasteiger partial charge in [-0.1, -0.05) is 78.4 Å². The van der Waals surface area contributed by atoms with Crippen LogP contribution in [-0.4, -0.2) is 27.5 Å². The van der Waals surface area contributed by atoms with E-state index in [0.29, 0.717) is 30.8 Å². The van der Waals surface area contributed by atoms with Crippen LogP contribution in [0.3, 0.4) is 0 Å². The second kappa shape index (κ2) is 13.1. The van der Waals surface area contributed by atoms with Crippen LogP contribution >= 0.6 is 0 Å². The normalized spacial score (nSPS) is 11.1. The lowest BCUT2D eigenvalue weighted by Crippen LogP contribution is -2.34. The largest absolute Gasteiger partial charge is 0.494 e. The van der Waals surface area contributed by atoms with E-state index in [-0.39, 0.29) is 17.3 Å². The monoisotopic (exact) mass is 542 g/mol. The molecule has 0 spiro atoms. The molecule has 0 bridgehead atoms. The van der Waals surface area contributed by atoms with E-state index in [0.717, 1.165) is 28.9 Å². The van der Waals surface area contributed by atoms with Crippen LogP contribution in [0.15, 0.2) is 108 Å². The van der Waals surface area contributed by atoms with Gasteiger partial charge in [-0.3, -0.25) is 9.10 Å². The maximum atomic E-state index is 13.9. The smallest absolute Gasteiger partial charge is 0.264 e. The summed E-state index contributed by atoms with van der Waals surface area (Å²) in [6.45, 7) is 4.99. The molecule has 0 fully saturated rings. The molecule has 0 aliphatic rings. The number of sulfonamides is 1. The Kier molecular flexibility index (Phi) is 9.39. The number of aryl methyl sites for hydroxylation is 2. The van der Waals surface area contributed by atoms with Crippen LogP contribution in [0.1, 0.15) is 40.4 Å². The first-order valence-electron chi connectivity index (χ1n) is 13.1. The Labute approximate surface area is 231 Å². The standard InChI is InChI=1S/C32H34N2O4S/c1-3-38-31-18-10-7-14-27(31)15-11-23-33-32(35)29-16-8-9-17-30(29)34(24-26-12-5-4-6-13-26)39(36,37)28-21-19-25(2)20-22-28/h4-10,12-14,16-22H,3,11,15,23-24H2,1-2H3,(H,33,35). The van der Waals surface area contributed by atoms with Crippen LogP contribution < -0.4 is 14.4 Å². The summed E-state index contributed by atoms with van der Waals surface area (Å²) in [4.78, 5) is 13.5. The summed E-state index contributed by atoms with van der Waals surface area (Å²) < 4.78 is 34.8. The number of hydrogen-bond donors (Lipinski definition) is 1. The highest BCUT2D eigenvalue weighted by Gasteiger charge is 2.28. The molecule has 4 aromatic carbocycles. The van der Waals surface area contributed by atoms with Gasteiger partial charge in [-0.05, 0) is 68.1 Å². The maximum Gasteiger partial charge on any atom is 0.264 e. The molecular formula is C32H34N2O4S. The van der Waals surface area contributed by atoms with Gasteiger partial charge in [0.1, 0.15) is 5.75 Å². The van der Waals surface area contributed by atoms with Crippen molar-refractivity contribution < 1.29 is 17.9 Å². The molecule has 4 rings (SSSR count). The summed E-state index contributed by atoms with van der Waals surface area (Å²) in [5, 5.41) is 2.98. The van der Waals surface area contributed by atoms with Crippen molar-refractivity contribution in [2.45, 2.75) is 38.1 Å². The van der Waals surface area contributed by atoms with Gasteiger partial charge in [0.05, 0.1) is 29.3 Å². The Morgan fingerprint density at radius 1 is 0.846 bits per heavy atom. The molecule has 0 aliphatic heterocycles. The lowest BCUT2D eigenvalue weighted by atomic mass is 10.1. The fourth-order valence-electron chi connectivity index (χ4n) is 4.35. The predicted molar refractivity (Wildman–Crippen MR) is 156 cm³/mol. The molecule has 0 heterocycles. The van der Waals surface area contributed by atoms with Crippen LogP contribution in [0.4, 0.5) is 5.69 Å². The van der Waals surface area contributed by atoms with Crippen LogP contribution in [0.5, 0.6) is 5.75 Å². The van der Waals surface area contributed by atoms with E-state index in [1.807, 2.05) is 68.4 Å². The van der Waals surface area contributed by atoms with Gasteiger partial charge in [-0.2, -0.15) is 0 Å². The third-order valence-electron chi connectivity index (χ3n) is 6.38. The number of carbonyl (C=O) groups excluding carboxylic acids is 1. The van der Waals surface area contributed by atoms with Gasteiger partial charge in [-0.25, -0.2) is 8.42 Å². The number of benzene rings is 4. The Morgan fingerprint density at radius 2 is 1.51 bits per heavy atom. The zero-order chi connectivity index (χ0) is 27.7. The summed E-state index contributed by atoms with van der Waals surface area (Å²) in [6, 6.07) is 30.9. The van der Waals surface area contributed by atoms with E-state index < -0.39 is 10.0 Å². The summed E-state index contributed by atoms with van der Waals surface area (Å²) in [6.07, 6.45) is 1.47. The molecule has 0 saturated heterocycles. The molecule has 0 aliphatic carbocycles. The number of amides is 1. The van der Waals surface area contributed by atoms with E-state index in [1.165, 1.54) is 4.31 Å². The highest BCUT2D eigenvalue weighted by atomic mass is 32.2. The summed E-state index contributed by atoms with van der Waals surface area (Å²) >= 11 is 0. The SMILES string of the molecule is CCOc1ccccc1CCCNC(=O)c1ccccc1N(Cc1ccccc1)S(=O)(=O)c1ccc(C)cc1. The van der Waals surface area contributed by atoms with Crippen LogP contribution in [0.25, 0.3) is 0 Å². The van der Waals surface area contributed by atoms with E-state index in [2.05, 4.69) is 5.32 Å². The number of ether oxygens (including phenoxy) is 1. The Bertz CT molecular complexity index is 1490. The topological polar surface area (TPSA) is 75.7 Å². The van der Waals surface area contributed by atoms with Crippen LogP contribution in [-0.2, 0) is 23.0 Å². The molecule has 202 valence electrons. The molecule has 1 N–H and O–H groups in total. The minimum Gasteiger partial charge on any atom is -0.494 e. The van der Waals surface area contributed by atoms with Crippen molar-refractivity contribution in [1.29, 1.82) is 0 Å². The van der Waals surface area contributed by atoms with Gasteiger partial charge in [0.2, 0.25) is 0 Å². The van der Waals surface area contributed by atoms with Crippen molar-refractivity contribution >= 4 is 21.6 Å². The van der Waals surface area contributed by atoms with Crippen molar-refractivity contribution in [3.63, 3.8) is 0 Å². The zero-order valence-corrected chi connectivity index (χ0v) is 23.2. The predicted octanol–water partition coefficient (Wildman–Crippen LogP) is 6.15. The van der Waals surface area contributed by atoms with Crippen molar-refractivity contribution in [3.05, 3.63) is 125 Å². The molecule has 0 radical (unpaired) electrons. The quantitative estimate of drug-likeness (QED) is 0.218. The number of para-hydroxylation sites is 2. The second-order valence-electron chi connectivity index (χ2n) is 9.23. The zero-order valence-electron chi connectivity index (χ0n) is 22.3. The van der Waals surface area contributed by atoms with Gasteiger partial charge in [0.25, 0.3) is 15.9 Å². The van der Waals surface area contributed by atoms with Gasteiger partial charge in [0.15, 0.2) is 0 Å². The Balaban J connectivity index is 1.57. The van der Waals surface area contributed by atoms with E-state index in [4.69, 9.17) is 4.74 Å². The average molecular weight is 543 g/mol. The molecule has 7 heteroatoms. The minimum absolute atomic E-state index is 0.0928. The molecule has 0 unspecified atom stereocenters. The number of carbonyl (C=O) groups is 1. The average Bonchev–Trinajstić information content (AvgIpc) is 2.95. The van der Waals surface area contributed by atoms with Crippen LogP contribution in [0, 0.1) is 6.92 Å². The minimum atomic E-state index is -3.96. The van der Waals surface area contributed by atoms with Gasteiger partial charge < -0.3 is 10.1 Å². The summed E-state index contributed by atoms with van der Waals surface area (Å²) in [5.41, 5.74) is 3.51. The Hall–Kier alpha value is -4.10. The number of rotatable bonds is 12. The third kappa shape index (κ3) is 7.06. The first-order chi connectivity index (χ1) is 18.9. The summed E-state index contributed by atoms with van der Waals surface area (Å²) in [5.74, 6) is 0.537. The van der Waals surface area contributed by atoms with E-state index in [1.54, 1.807) is 48.5 Å². The van der Waals surface area contributed by atoms with Crippen molar-refractivity contribution in [2.75, 3.05) is 17.5 Å². The maximum absolute atomic E-state index is 13.9. The highest BCUT2D eigenvalue weighted by Crippen LogP contribution is 2.29. The van der Waals surface area contributed by atoms with Gasteiger partial charge in [-0.15, -0.1) is 0 Å². The molecule has 4 aromatic rings. The lowest BCUT2D eigenvalue weighted by Gasteiger charge is -2.26. The molecule has 0 atom stereocenters. The van der Waals surface area contributed by atoms with Gasteiger partial charge >= 0.3 is 0 Å². The van der Waals surface area contributed by atoms with Crippen molar-refractivity contribution in [2.24, 2.45) is 0 Å². The van der Waals surface area contributed by atoms with Crippen molar-refractivity contribution in [3.8, 4) is 5.75 Å². The summed E-state index contributed by atoms with van der Waals surface area (Å²) in [7, 11) is -3.96. The van der Waals surface area contributed by atoms with Gasteiger partial charge in [0, 0.05) is 6.54 Å². The molecule has 1 amide bonds. The number of hydrogen-bond acceptors (Lipinski definition) is 4. The number of anilines is 1.